The second-order valence-corrected chi connectivity index (χ2v) is 4.41. The quantitative estimate of drug-likeness (QED) is 0.822. The van der Waals surface area contributed by atoms with Crippen LogP contribution in [-0.4, -0.2) is 27.4 Å². The number of anilines is 1. The van der Waals surface area contributed by atoms with Crippen LogP contribution < -0.4 is 5.32 Å². The van der Waals surface area contributed by atoms with E-state index >= 15 is 0 Å². The van der Waals surface area contributed by atoms with Crippen LogP contribution in [0.3, 0.4) is 0 Å². The molecule has 0 aliphatic carbocycles. The second kappa shape index (κ2) is 6.20. The largest absolute Gasteiger partial charge is 0.384 e. The third-order valence-electron chi connectivity index (χ3n) is 2.79. The molecule has 0 atom stereocenters. The lowest BCUT2D eigenvalue weighted by Crippen LogP contribution is -2.14. The van der Waals surface area contributed by atoms with E-state index in [1.54, 1.807) is 24.9 Å². The topological polar surface area (TPSA) is 67.2 Å². The molecule has 2 rings (SSSR count). The van der Waals surface area contributed by atoms with E-state index in [1.165, 1.54) is 12.1 Å². The van der Waals surface area contributed by atoms with Gasteiger partial charge < -0.3 is 10.4 Å². The highest BCUT2D eigenvalue weighted by atomic mass is 19.1. The summed E-state index contributed by atoms with van der Waals surface area (Å²) in [6, 6.07) is 4.04. The van der Waals surface area contributed by atoms with Gasteiger partial charge in [0, 0.05) is 18.8 Å². The smallest absolute Gasteiger partial charge is 0.258 e. The fraction of sp³-hybridized carbons (Fsp3) is 0.200. The van der Waals surface area contributed by atoms with Gasteiger partial charge in [-0.2, -0.15) is 5.10 Å². The Morgan fingerprint density at radius 3 is 2.86 bits per heavy atom. The summed E-state index contributed by atoms with van der Waals surface area (Å²) in [5, 5.41) is 15.3. The van der Waals surface area contributed by atoms with Crippen molar-refractivity contribution in [1.29, 1.82) is 0 Å². The van der Waals surface area contributed by atoms with Crippen molar-refractivity contribution in [2.45, 2.75) is 6.92 Å². The van der Waals surface area contributed by atoms with E-state index < -0.39 is 11.7 Å². The molecule has 1 amide bonds. The molecule has 1 aromatic carbocycles. The number of aliphatic hydroxyl groups is 1. The molecule has 6 heteroatoms. The highest BCUT2D eigenvalue weighted by Gasteiger charge is 2.14. The molecule has 1 heterocycles. The molecule has 108 valence electrons. The number of carbonyl (C=O) groups is 1. The summed E-state index contributed by atoms with van der Waals surface area (Å²) in [7, 11) is 1.73. The summed E-state index contributed by atoms with van der Waals surface area (Å²) in [5.41, 5.74) is 1.51. The summed E-state index contributed by atoms with van der Waals surface area (Å²) in [5.74, 6) is 3.78. The lowest BCUT2D eigenvalue weighted by molar-refractivity contribution is 0.102. The summed E-state index contributed by atoms with van der Waals surface area (Å²) in [6.07, 6.45) is 1.65. The van der Waals surface area contributed by atoms with Crippen molar-refractivity contribution in [3.63, 3.8) is 0 Å². The Kier molecular flexibility index (Phi) is 4.36. The third-order valence-corrected chi connectivity index (χ3v) is 2.79. The van der Waals surface area contributed by atoms with Crippen molar-refractivity contribution in [3.8, 4) is 11.8 Å². The predicted octanol–water partition coefficient (Wildman–Crippen LogP) is 1.46. The zero-order valence-electron chi connectivity index (χ0n) is 11.6. The van der Waals surface area contributed by atoms with Crippen molar-refractivity contribution < 1.29 is 14.3 Å². The van der Waals surface area contributed by atoms with Crippen LogP contribution in [0.25, 0.3) is 0 Å². The number of hydrogen-bond acceptors (Lipinski definition) is 3. The van der Waals surface area contributed by atoms with Gasteiger partial charge in [0.1, 0.15) is 12.4 Å². The van der Waals surface area contributed by atoms with Gasteiger partial charge in [-0.1, -0.05) is 11.8 Å². The van der Waals surface area contributed by atoms with Gasteiger partial charge in [0.05, 0.1) is 16.9 Å². The fourth-order valence-electron chi connectivity index (χ4n) is 1.83. The number of nitrogens with one attached hydrogen (secondary N) is 1. The molecule has 0 aliphatic rings. The van der Waals surface area contributed by atoms with Crippen LogP contribution in [0.15, 0.2) is 24.4 Å². The standard InChI is InChI=1S/C15H14FN3O2/c1-10-14(9-19(2)18-10)17-15(21)12-6-5-11(4-3-7-20)8-13(12)16/h5-6,8-9,20H,7H2,1-2H3,(H,17,21). The molecule has 0 unspecified atom stereocenters. The lowest BCUT2D eigenvalue weighted by atomic mass is 10.1. The van der Waals surface area contributed by atoms with E-state index in [4.69, 9.17) is 5.11 Å². The van der Waals surface area contributed by atoms with Gasteiger partial charge in [-0.25, -0.2) is 4.39 Å². The van der Waals surface area contributed by atoms with Crippen LogP contribution >= 0.6 is 0 Å². The molecule has 1 aromatic heterocycles. The Morgan fingerprint density at radius 1 is 1.52 bits per heavy atom. The van der Waals surface area contributed by atoms with E-state index in [9.17, 15) is 9.18 Å². The van der Waals surface area contributed by atoms with Crippen molar-refractivity contribution in [1.82, 2.24) is 9.78 Å². The molecule has 2 aromatic rings. The molecule has 21 heavy (non-hydrogen) atoms. The number of nitrogens with zero attached hydrogens (tertiary/aromatic N) is 2. The SMILES string of the molecule is Cc1nn(C)cc1NC(=O)c1ccc(C#CCO)cc1F. The van der Waals surface area contributed by atoms with E-state index in [0.29, 0.717) is 16.9 Å². The van der Waals surface area contributed by atoms with Crippen LogP contribution in [0.2, 0.25) is 0 Å². The van der Waals surface area contributed by atoms with Crippen molar-refractivity contribution in [2.24, 2.45) is 7.05 Å². The number of carbonyl (C=O) groups excluding carboxylic acids is 1. The first-order valence-electron chi connectivity index (χ1n) is 6.22. The van der Waals surface area contributed by atoms with Gasteiger partial charge in [0.15, 0.2) is 0 Å². The minimum absolute atomic E-state index is 0.0761. The van der Waals surface area contributed by atoms with Crippen LogP contribution in [0, 0.1) is 24.6 Å². The van der Waals surface area contributed by atoms with Crippen LogP contribution in [0.4, 0.5) is 10.1 Å². The predicted molar refractivity (Wildman–Crippen MR) is 76.3 cm³/mol. The molecular weight excluding hydrogens is 273 g/mol. The number of aryl methyl sites for hydroxylation is 2. The summed E-state index contributed by atoms with van der Waals surface area (Å²) < 4.78 is 15.5. The van der Waals surface area contributed by atoms with E-state index in [0.717, 1.165) is 6.07 Å². The first-order chi connectivity index (χ1) is 10.0. The first kappa shape index (κ1) is 14.8. The summed E-state index contributed by atoms with van der Waals surface area (Å²) in [4.78, 5) is 12.1. The van der Waals surface area contributed by atoms with E-state index in [-0.39, 0.29) is 12.2 Å². The van der Waals surface area contributed by atoms with Crippen LogP contribution in [0.5, 0.6) is 0 Å². The maximum atomic E-state index is 13.9. The highest BCUT2D eigenvalue weighted by Crippen LogP contribution is 2.15. The highest BCUT2D eigenvalue weighted by molar-refractivity contribution is 6.04. The first-order valence-corrected chi connectivity index (χ1v) is 6.22. The second-order valence-electron chi connectivity index (χ2n) is 4.41. The fourth-order valence-corrected chi connectivity index (χ4v) is 1.83. The minimum Gasteiger partial charge on any atom is -0.384 e. The summed E-state index contributed by atoms with van der Waals surface area (Å²) >= 11 is 0. The molecule has 0 saturated carbocycles. The van der Waals surface area contributed by atoms with E-state index in [1.807, 2.05) is 0 Å². The minimum atomic E-state index is -0.668. The zero-order valence-corrected chi connectivity index (χ0v) is 11.6. The monoisotopic (exact) mass is 287 g/mol. The number of hydrogen-bond donors (Lipinski definition) is 2. The van der Waals surface area contributed by atoms with Crippen molar-refractivity contribution in [3.05, 3.63) is 47.0 Å². The molecule has 0 radical (unpaired) electrons. The van der Waals surface area contributed by atoms with Gasteiger partial charge in [0.25, 0.3) is 5.91 Å². The Labute approximate surface area is 121 Å². The molecule has 0 aliphatic heterocycles. The molecular formula is C15H14FN3O2. The number of benzene rings is 1. The van der Waals surface area contributed by atoms with Gasteiger partial charge in [-0.05, 0) is 25.1 Å². The number of aliphatic hydroxyl groups excluding tert-OH is 1. The average Bonchev–Trinajstić information content (AvgIpc) is 2.74. The Hall–Kier alpha value is -2.65. The van der Waals surface area contributed by atoms with E-state index in [2.05, 4.69) is 22.3 Å². The van der Waals surface area contributed by atoms with Gasteiger partial charge in [-0.15, -0.1) is 0 Å². The van der Waals surface area contributed by atoms with Gasteiger partial charge >= 0.3 is 0 Å². The molecule has 2 N–H and O–H groups in total. The van der Waals surface area contributed by atoms with Gasteiger partial charge in [-0.3, -0.25) is 9.48 Å². The summed E-state index contributed by atoms with van der Waals surface area (Å²) in [6.45, 7) is 1.45. The molecule has 5 nitrogen and oxygen atoms in total. The van der Waals surface area contributed by atoms with Crippen molar-refractivity contribution in [2.75, 3.05) is 11.9 Å². The van der Waals surface area contributed by atoms with Gasteiger partial charge in [0.2, 0.25) is 0 Å². The Balaban J connectivity index is 2.21. The lowest BCUT2D eigenvalue weighted by Gasteiger charge is -2.05. The van der Waals surface area contributed by atoms with Crippen LogP contribution in [0.1, 0.15) is 21.6 Å². The number of rotatable bonds is 2. The number of aromatic nitrogens is 2. The third kappa shape index (κ3) is 3.46. The molecule has 0 bridgehead atoms. The molecule has 0 fully saturated rings. The zero-order chi connectivity index (χ0) is 15.4. The number of halogens is 1. The molecule has 0 spiro atoms. The molecule has 0 saturated heterocycles. The average molecular weight is 287 g/mol. The maximum Gasteiger partial charge on any atom is 0.258 e. The Morgan fingerprint density at radius 2 is 2.29 bits per heavy atom. The van der Waals surface area contributed by atoms with Crippen LogP contribution in [-0.2, 0) is 7.05 Å². The number of amides is 1. The van der Waals surface area contributed by atoms with Crippen molar-refractivity contribution >= 4 is 11.6 Å². The Bertz CT molecular complexity index is 741. The normalized spacial score (nSPS) is 9.90. The maximum absolute atomic E-state index is 13.9.